The van der Waals surface area contributed by atoms with Gasteiger partial charge >= 0.3 is 0 Å². The van der Waals surface area contributed by atoms with Crippen LogP contribution in [0.2, 0.25) is 0 Å². The van der Waals surface area contributed by atoms with E-state index in [1.165, 1.54) is 19.1 Å². The number of halogens is 2. The smallest absolute Gasteiger partial charge is 0.287 e. The Labute approximate surface area is 101 Å². The molecular formula is C10H13F2NO3S. The minimum atomic E-state index is -2.47. The molecule has 1 atom stereocenters. The van der Waals surface area contributed by atoms with Crippen LogP contribution in [-0.4, -0.2) is 29.4 Å². The van der Waals surface area contributed by atoms with Crippen molar-refractivity contribution in [3.8, 4) is 0 Å². The highest BCUT2D eigenvalue weighted by molar-refractivity contribution is 7.98. The van der Waals surface area contributed by atoms with Crippen molar-refractivity contribution >= 4 is 17.7 Å². The lowest BCUT2D eigenvalue weighted by molar-refractivity contribution is 0.0895. The molecule has 7 heteroatoms. The summed E-state index contributed by atoms with van der Waals surface area (Å²) in [5.41, 5.74) is 0. The number of carbonyl (C=O) groups is 1. The number of aliphatic hydroxyl groups excluding tert-OH is 1. The molecule has 0 spiro atoms. The molecule has 1 aromatic heterocycles. The number of aliphatic hydroxyl groups is 1. The molecule has 0 aliphatic carbocycles. The zero-order valence-corrected chi connectivity index (χ0v) is 9.97. The number of alkyl halides is 2. The minimum Gasteiger partial charge on any atom is -0.455 e. The fraction of sp³-hybridized carbons (Fsp3) is 0.500. The van der Waals surface area contributed by atoms with Crippen LogP contribution in [0.3, 0.4) is 0 Å². The summed E-state index contributed by atoms with van der Waals surface area (Å²) in [5.74, 6) is -2.55. The maximum absolute atomic E-state index is 11.9. The zero-order chi connectivity index (χ0) is 12.8. The Kier molecular flexibility index (Phi) is 5.43. The highest BCUT2D eigenvalue weighted by Gasteiger charge is 2.12. The molecule has 2 N–H and O–H groups in total. The third-order valence-electron chi connectivity index (χ3n) is 1.80. The van der Waals surface area contributed by atoms with Crippen molar-refractivity contribution in [2.24, 2.45) is 0 Å². The number of rotatable bonds is 6. The Hall–Kier alpha value is -1.08. The van der Waals surface area contributed by atoms with Gasteiger partial charge in [0.2, 0.25) is 0 Å². The van der Waals surface area contributed by atoms with Crippen molar-refractivity contribution in [2.45, 2.75) is 24.5 Å². The molecule has 1 rings (SSSR count). The van der Waals surface area contributed by atoms with Gasteiger partial charge in [0.1, 0.15) is 5.76 Å². The summed E-state index contributed by atoms with van der Waals surface area (Å²) in [5, 5.41) is 11.4. The van der Waals surface area contributed by atoms with E-state index in [0.29, 0.717) is 17.5 Å². The number of nitrogens with one attached hydrogen (secondary N) is 1. The Morgan fingerprint density at radius 1 is 1.59 bits per heavy atom. The van der Waals surface area contributed by atoms with Gasteiger partial charge in [-0.15, -0.1) is 0 Å². The van der Waals surface area contributed by atoms with E-state index in [9.17, 15) is 13.6 Å². The molecule has 1 amide bonds. The lowest BCUT2D eigenvalue weighted by atomic mass is 10.3. The van der Waals surface area contributed by atoms with Gasteiger partial charge in [-0.3, -0.25) is 4.79 Å². The van der Waals surface area contributed by atoms with E-state index in [1.54, 1.807) is 0 Å². The topological polar surface area (TPSA) is 62.5 Å². The number of thioether (sulfide) groups is 1. The molecule has 4 nitrogen and oxygen atoms in total. The van der Waals surface area contributed by atoms with Crippen LogP contribution < -0.4 is 5.32 Å². The van der Waals surface area contributed by atoms with Gasteiger partial charge in [-0.1, -0.05) is 11.8 Å². The molecule has 0 saturated carbocycles. The maximum atomic E-state index is 11.9. The first kappa shape index (κ1) is 14.0. The van der Waals surface area contributed by atoms with Gasteiger partial charge in [-0.2, -0.15) is 8.78 Å². The summed E-state index contributed by atoms with van der Waals surface area (Å²) < 4.78 is 28.9. The predicted molar refractivity (Wildman–Crippen MR) is 60.0 cm³/mol. The standard InChI is InChI=1S/C10H13F2NO3S/c1-6(14)4-13-9(15)8-3-2-7(16-8)5-17-10(11)12/h2-3,6,10,14H,4-5H2,1H3,(H,13,15). The van der Waals surface area contributed by atoms with Crippen LogP contribution in [0, 0.1) is 0 Å². The summed E-state index contributed by atoms with van der Waals surface area (Å²) in [6.07, 6.45) is -0.650. The second-order valence-corrected chi connectivity index (χ2v) is 4.38. The lowest BCUT2D eigenvalue weighted by Crippen LogP contribution is -2.30. The number of carbonyl (C=O) groups excluding carboxylic acids is 1. The molecule has 0 aromatic carbocycles. The van der Waals surface area contributed by atoms with Crippen molar-refractivity contribution in [2.75, 3.05) is 6.54 Å². The Morgan fingerprint density at radius 3 is 2.88 bits per heavy atom. The van der Waals surface area contributed by atoms with E-state index in [-0.39, 0.29) is 18.1 Å². The first-order valence-electron chi connectivity index (χ1n) is 4.93. The summed E-state index contributed by atoms with van der Waals surface area (Å²) in [6.45, 7) is 1.65. The second-order valence-electron chi connectivity index (χ2n) is 3.40. The van der Waals surface area contributed by atoms with Gasteiger partial charge in [-0.05, 0) is 19.1 Å². The SMILES string of the molecule is CC(O)CNC(=O)c1ccc(CSC(F)F)o1. The zero-order valence-electron chi connectivity index (χ0n) is 9.15. The first-order valence-corrected chi connectivity index (χ1v) is 5.98. The Balaban J connectivity index is 2.46. The normalized spacial score (nSPS) is 12.8. The molecule has 0 fully saturated rings. The van der Waals surface area contributed by atoms with Crippen LogP contribution in [-0.2, 0) is 5.75 Å². The second kappa shape index (κ2) is 6.61. The molecule has 1 heterocycles. The predicted octanol–water partition coefficient (Wildman–Crippen LogP) is 1.85. The first-order chi connectivity index (χ1) is 7.99. The summed E-state index contributed by atoms with van der Waals surface area (Å²) in [6, 6.07) is 2.89. The largest absolute Gasteiger partial charge is 0.455 e. The van der Waals surface area contributed by atoms with Crippen LogP contribution in [0.5, 0.6) is 0 Å². The average molecular weight is 265 g/mol. The van der Waals surface area contributed by atoms with Crippen molar-refractivity contribution in [3.63, 3.8) is 0 Å². The molecule has 96 valence electrons. The van der Waals surface area contributed by atoms with Gasteiger partial charge in [0, 0.05) is 6.54 Å². The van der Waals surface area contributed by atoms with Crippen molar-refractivity contribution in [1.82, 2.24) is 5.32 Å². The van der Waals surface area contributed by atoms with Crippen molar-refractivity contribution in [1.29, 1.82) is 0 Å². The molecule has 0 saturated heterocycles. The highest BCUT2D eigenvalue weighted by Crippen LogP contribution is 2.21. The van der Waals surface area contributed by atoms with Gasteiger partial charge in [-0.25, -0.2) is 0 Å². The monoisotopic (exact) mass is 265 g/mol. The van der Waals surface area contributed by atoms with Crippen molar-refractivity contribution < 1.29 is 23.1 Å². The van der Waals surface area contributed by atoms with Gasteiger partial charge in [0.15, 0.2) is 5.76 Å². The lowest BCUT2D eigenvalue weighted by Gasteiger charge is -2.04. The van der Waals surface area contributed by atoms with Gasteiger partial charge in [0.05, 0.1) is 11.9 Å². The third kappa shape index (κ3) is 5.18. The van der Waals surface area contributed by atoms with Gasteiger partial charge < -0.3 is 14.8 Å². The van der Waals surface area contributed by atoms with E-state index in [1.807, 2.05) is 0 Å². The van der Waals surface area contributed by atoms with Crippen LogP contribution in [0.1, 0.15) is 23.2 Å². The molecule has 0 bridgehead atoms. The molecule has 1 aromatic rings. The number of amides is 1. The highest BCUT2D eigenvalue weighted by atomic mass is 32.2. The van der Waals surface area contributed by atoms with Crippen LogP contribution in [0.4, 0.5) is 8.78 Å². The molecule has 0 aliphatic rings. The average Bonchev–Trinajstić information content (AvgIpc) is 2.71. The molecule has 0 aliphatic heterocycles. The molecule has 17 heavy (non-hydrogen) atoms. The quantitative estimate of drug-likeness (QED) is 0.824. The summed E-state index contributed by atoms with van der Waals surface area (Å²) in [7, 11) is 0. The molecule has 0 radical (unpaired) electrons. The molecule has 1 unspecified atom stereocenters. The van der Waals surface area contributed by atoms with Crippen LogP contribution in [0.25, 0.3) is 0 Å². The summed E-state index contributed by atoms with van der Waals surface area (Å²) in [4.78, 5) is 11.4. The number of furan rings is 1. The van der Waals surface area contributed by atoms with Gasteiger partial charge in [0.25, 0.3) is 11.7 Å². The number of hydrogen-bond donors (Lipinski definition) is 2. The minimum absolute atomic E-state index is 0.0152. The molecular weight excluding hydrogens is 252 g/mol. The fourth-order valence-electron chi connectivity index (χ4n) is 1.05. The van der Waals surface area contributed by atoms with Crippen LogP contribution >= 0.6 is 11.8 Å². The summed E-state index contributed by atoms with van der Waals surface area (Å²) >= 11 is 0.429. The Bertz CT molecular complexity index is 368. The van der Waals surface area contributed by atoms with E-state index < -0.39 is 17.8 Å². The maximum Gasteiger partial charge on any atom is 0.287 e. The van der Waals surface area contributed by atoms with E-state index >= 15 is 0 Å². The fourth-order valence-corrected chi connectivity index (χ4v) is 1.50. The third-order valence-corrected chi connectivity index (χ3v) is 2.50. The van der Waals surface area contributed by atoms with E-state index in [4.69, 9.17) is 9.52 Å². The number of hydrogen-bond acceptors (Lipinski definition) is 4. The van der Waals surface area contributed by atoms with E-state index in [2.05, 4.69) is 5.32 Å². The Morgan fingerprint density at radius 2 is 2.29 bits per heavy atom. The van der Waals surface area contributed by atoms with Crippen LogP contribution in [0.15, 0.2) is 16.5 Å². The van der Waals surface area contributed by atoms with E-state index in [0.717, 1.165) is 0 Å². The van der Waals surface area contributed by atoms with Crippen molar-refractivity contribution in [3.05, 3.63) is 23.7 Å².